The van der Waals surface area contributed by atoms with Crippen molar-refractivity contribution < 1.29 is 9.53 Å². The fourth-order valence-electron chi connectivity index (χ4n) is 2.14. The third kappa shape index (κ3) is 1.95. The van der Waals surface area contributed by atoms with E-state index in [4.69, 9.17) is 10.5 Å². The Morgan fingerprint density at radius 1 is 1.47 bits per heavy atom. The molecule has 92 valence electrons. The Labute approximate surface area is 102 Å². The normalized spacial score (nSPS) is 22.8. The molecule has 2 unspecified atom stereocenters. The van der Waals surface area contributed by atoms with Crippen LogP contribution >= 0.6 is 0 Å². The molecule has 0 aliphatic carbocycles. The number of nitrogens with two attached hydrogens (primary N) is 1. The molecule has 3 nitrogen and oxygen atoms in total. The third-order valence-corrected chi connectivity index (χ3v) is 3.59. The van der Waals surface area contributed by atoms with Crippen molar-refractivity contribution in [3.05, 3.63) is 29.3 Å². The summed E-state index contributed by atoms with van der Waals surface area (Å²) in [6.45, 7) is 7.95. The van der Waals surface area contributed by atoms with Gasteiger partial charge in [-0.2, -0.15) is 0 Å². The first-order valence-electron chi connectivity index (χ1n) is 5.95. The van der Waals surface area contributed by atoms with Crippen LogP contribution in [0.3, 0.4) is 0 Å². The highest BCUT2D eigenvalue weighted by atomic mass is 16.5. The summed E-state index contributed by atoms with van der Waals surface area (Å²) in [5, 5.41) is 0. The Morgan fingerprint density at radius 3 is 2.71 bits per heavy atom. The van der Waals surface area contributed by atoms with E-state index in [-0.39, 0.29) is 17.3 Å². The van der Waals surface area contributed by atoms with E-state index in [0.29, 0.717) is 5.56 Å². The molecule has 17 heavy (non-hydrogen) atoms. The predicted octanol–water partition coefficient (Wildman–Crippen LogP) is 2.49. The minimum Gasteiger partial charge on any atom is -0.487 e. The van der Waals surface area contributed by atoms with Crippen molar-refractivity contribution in [2.75, 3.05) is 0 Å². The number of hydrogen-bond acceptors (Lipinski definition) is 3. The van der Waals surface area contributed by atoms with E-state index >= 15 is 0 Å². The number of ether oxygens (including phenoxy) is 1. The van der Waals surface area contributed by atoms with Crippen LogP contribution in [0.15, 0.2) is 18.2 Å². The number of rotatable bonds is 2. The van der Waals surface area contributed by atoms with Crippen molar-refractivity contribution in [3.63, 3.8) is 0 Å². The molecule has 2 rings (SSSR count). The lowest BCUT2D eigenvalue weighted by Gasteiger charge is -2.22. The van der Waals surface area contributed by atoms with Gasteiger partial charge in [-0.1, -0.05) is 6.92 Å². The lowest BCUT2D eigenvalue weighted by molar-refractivity contribution is 0.0968. The lowest BCUT2D eigenvalue weighted by atomic mass is 9.87. The Kier molecular flexibility index (Phi) is 2.74. The molecule has 0 amide bonds. The fourth-order valence-corrected chi connectivity index (χ4v) is 2.14. The molecule has 0 fully saturated rings. The van der Waals surface area contributed by atoms with Crippen molar-refractivity contribution in [1.82, 2.24) is 0 Å². The number of Topliss-reactive ketones (excluding diaryl/α,β-unsaturated/α-hetero) is 1. The van der Waals surface area contributed by atoms with Gasteiger partial charge in [0.25, 0.3) is 0 Å². The molecule has 0 saturated heterocycles. The molecule has 1 heterocycles. The zero-order valence-electron chi connectivity index (χ0n) is 10.8. The van der Waals surface area contributed by atoms with E-state index in [2.05, 4.69) is 20.8 Å². The van der Waals surface area contributed by atoms with Crippen molar-refractivity contribution in [2.24, 2.45) is 5.73 Å². The maximum atomic E-state index is 11.8. The molecule has 2 atom stereocenters. The van der Waals surface area contributed by atoms with Crippen molar-refractivity contribution in [1.29, 1.82) is 0 Å². The Hall–Kier alpha value is -1.35. The molecule has 0 aromatic heterocycles. The molecular formula is C14H19NO2. The molecule has 0 spiro atoms. The van der Waals surface area contributed by atoms with Crippen LogP contribution in [0.2, 0.25) is 0 Å². The summed E-state index contributed by atoms with van der Waals surface area (Å²) in [6.07, 6.45) is 0. The Morgan fingerprint density at radius 2 is 2.12 bits per heavy atom. The summed E-state index contributed by atoms with van der Waals surface area (Å²) in [7, 11) is 0. The largest absolute Gasteiger partial charge is 0.487 e. The summed E-state index contributed by atoms with van der Waals surface area (Å²) in [6, 6.07) is 5.12. The van der Waals surface area contributed by atoms with Crippen LogP contribution in [0.5, 0.6) is 5.75 Å². The molecule has 0 bridgehead atoms. The second kappa shape index (κ2) is 3.84. The van der Waals surface area contributed by atoms with Gasteiger partial charge in [0, 0.05) is 17.0 Å². The smallest absolute Gasteiger partial charge is 0.179 e. The van der Waals surface area contributed by atoms with Gasteiger partial charge in [-0.25, -0.2) is 0 Å². The first-order chi connectivity index (χ1) is 7.83. The van der Waals surface area contributed by atoms with Gasteiger partial charge >= 0.3 is 0 Å². The van der Waals surface area contributed by atoms with Gasteiger partial charge in [-0.15, -0.1) is 0 Å². The van der Waals surface area contributed by atoms with Crippen LogP contribution in [-0.2, 0) is 0 Å². The number of ketones is 1. The average molecular weight is 233 g/mol. The molecule has 1 aliphatic heterocycles. The van der Waals surface area contributed by atoms with Gasteiger partial charge < -0.3 is 10.5 Å². The van der Waals surface area contributed by atoms with E-state index in [0.717, 1.165) is 11.3 Å². The van der Waals surface area contributed by atoms with Crippen LogP contribution in [0.4, 0.5) is 0 Å². The monoisotopic (exact) mass is 233 g/mol. The number of fused-ring (bicyclic) bond motifs is 1. The van der Waals surface area contributed by atoms with Gasteiger partial charge in [0.1, 0.15) is 11.4 Å². The molecule has 2 N–H and O–H groups in total. The highest BCUT2D eigenvalue weighted by Gasteiger charge is 2.38. The molecule has 1 aromatic carbocycles. The second-order valence-corrected chi connectivity index (χ2v) is 5.33. The number of benzene rings is 1. The maximum Gasteiger partial charge on any atom is 0.179 e. The van der Waals surface area contributed by atoms with Gasteiger partial charge in [-0.3, -0.25) is 4.79 Å². The SMILES string of the molecule is CC(N)C(=O)c1ccc2c(c1)C(C)C(C)(C)O2. The average Bonchev–Trinajstić information content (AvgIpc) is 2.48. The quantitative estimate of drug-likeness (QED) is 0.798. The zero-order chi connectivity index (χ0) is 12.8. The third-order valence-electron chi connectivity index (χ3n) is 3.59. The van der Waals surface area contributed by atoms with Crippen molar-refractivity contribution in [3.8, 4) is 5.75 Å². The van der Waals surface area contributed by atoms with E-state index in [1.54, 1.807) is 13.0 Å². The topological polar surface area (TPSA) is 52.3 Å². The summed E-state index contributed by atoms with van der Waals surface area (Å²) >= 11 is 0. The van der Waals surface area contributed by atoms with Crippen LogP contribution in [0.25, 0.3) is 0 Å². The van der Waals surface area contributed by atoms with Crippen molar-refractivity contribution >= 4 is 5.78 Å². The minimum atomic E-state index is -0.460. The second-order valence-electron chi connectivity index (χ2n) is 5.33. The number of hydrogen-bond donors (Lipinski definition) is 1. The molecule has 0 saturated carbocycles. The molecule has 1 aliphatic rings. The Balaban J connectivity index is 2.41. The standard InChI is InChI=1S/C14H19NO2/c1-8-11-7-10(13(16)9(2)15)5-6-12(11)17-14(8,3)4/h5-9H,15H2,1-4H3. The van der Waals surface area contributed by atoms with E-state index in [1.165, 1.54) is 0 Å². The molecular weight excluding hydrogens is 214 g/mol. The summed E-state index contributed by atoms with van der Waals surface area (Å²) < 4.78 is 5.86. The van der Waals surface area contributed by atoms with E-state index in [9.17, 15) is 4.79 Å². The van der Waals surface area contributed by atoms with Gasteiger partial charge in [0.2, 0.25) is 0 Å². The predicted molar refractivity (Wildman–Crippen MR) is 67.5 cm³/mol. The van der Waals surface area contributed by atoms with E-state index in [1.807, 2.05) is 12.1 Å². The molecule has 0 radical (unpaired) electrons. The summed E-state index contributed by atoms with van der Waals surface area (Å²) in [4.78, 5) is 11.8. The highest BCUT2D eigenvalue weighted by Crippen LogP contribution is 2.44. The minimum absolute atomic E-state index is 0.0234. The lowest BCUT2D eigenvalue weighted by Crippen LogP contribution is -2.28. The van der Waals surface area contributed by atoms with E-state index < -0.39 is 6.04 Å². The van der Waals surface area contributed by atoms with Crippen LogP contribution in [0.1, 0.15) is 49.5 Å². The fraction of sp³-hybridized carbons (Fsp3) is 0.500. The maximum absolute atomic E-state index is 11.8. The Bertz CT molecular complexity index is 463. The summed E-state index contributed by atoms with van der Waals surface area (Å²) in [5.74, 6) is 1.13. The molecule has 3 heteroatoms. The van der Waals surface area contributed by atoms with Crippen LogP contribution in [0, 0.1) is 0 Å². The van der Waals surface area contributed by atoms with Gasteiger partial charge in [-0.05, 0) is 39.0 Å². The number of carbonyl (C=O) groups is 1. The van der Waals surface area contributed by atoms with Gasteiger partial charge in [0.15, 0.2) is 5.78 Å². The van der Waals surface area contributed by atoms with Crippen LogP contribution < -0.4 is 10.5 Å². The van der Waals surface area contributed by atoms with Crippen LogP contribution in [-0.4, -0.2) is 17.4 Å². The number of carbonyl (C=O) groups excluding carboxylic acids is 1. The van der Waals surface area contributed by atoms with Gasteiger partial charge in [0.05, 0.1) is 6.04 Å². The van der Waals surface area contributed by atoms with Crippen molar-refractivity contribution in [2.45, 2.75) is 45.3 Å². The molecule has 1 aromatic rings. The highest BCUT2D eigenvalue weighted by molar-refractivity contribution is 6.00. The first-order valence-corrected chi connectivity index (χ1v) is 5.95. The zero-order valence-corrected chi connectivity index (χ0v) is 10.8. The first kappa shape index (κ1) is 12.1. The summed E-state index contributed by atoms with van der Waals surface area (Å²) in [5.41, 5.74) is 7.18.